The van der Waals surface area contributed by atoms with Crippen molar-refractivity contribution in [1.82, 2.24) is 15.0 Å². The zero-order chi connectivity index (χ0) is 11.5. The molecule has 0 spiro atoms. The monoisotopic (exact) mass is 243 g/mol. The van der Waals surface area contributed by atoms with E-state index >= 15 is 0 Å². The number of rotatable bonds is 3. The second-order valence-electron chi connectivity index (χ2n) is 3.18. The maximum absolute atomic E-state index is 12.5. The Morgan fingerprint density at radius 1 is 1.38 bits per heavy atom. The van der Waals surface area contributed by atoms with Crippen LogP contribution in [0.5, 0.6) is 0 Å². The lowest BCUT2D eigenvalue weighted by Crippen LogP contribution is -1.96. The van der Waals surface area contributed by atoms with Crippen LogP contribution in [0.3, 0.4) is 0 Å². The van der Waals surface area contributed by atoms with Crippen molar-refractivity contribution in [3.8, 4) is 5.69 Å². The van der Waals surface area contributed by atoms with Crippen LogP contribution >= 0.6 is 11.6 Å². The SMILES string of the molecule is FC(F)c1cccc(-n2cc(CCl)nn2)c1. The summed E-state index contributed by atoms with van der Waals surface area (Å²) in [5, 5.41) is 7.57. The molecule has 0 aliphatic carbocycles. The molecule has 6 heteroatoms. The molecular weight excluding hydrogens is 236 g/mol. The molecule has 0 aliphatic rings. The molecule has 0 atom stereocenters. The minimum Gasteiger partial charge on any atom is -0.220 e. The molecule has 0 amide bonds. The summed E-state index contributed by atoms with van der Waals surface area (Å²) in [5.74, 6) is 0.245. The lowest BCUT2D eigenvalue weighted by atomic mass is 10.2. The third-order valence-electron chi connectivity index (χ3n) is 2.06. The van der Waals surface area contributed by atoms with Crippen molar-refractivity contribution in [3.05, 3.63) is 41.7 Å². The van der Waals surface area contributed by atoms with Gasteiger partial charge in [0.2, 0.25) is 0 Å². The van der Waals surface area contributed by atoms with Gasteiger partial charge in [0.15, 0.2) is 0 Å². The Hall–Kier alpha value is -1.49. The molecule has 0 N–H and O–H groups in total. The molecule has 0 fully saturated rings. The first-order chi connectivity index (χ1) is 7.70. The minimum absolute atomic E-state index is 0.0413. The second kappa shape index (κ2) is 4.57. The number of aromatic nitrogens is 3. The molecule has 2 rings (SSSR count). The smallest absolute Gasteiger partial charge is 0.220 e. The topological polar surface area (TPSA) is 30.7 Å². The number of hydrogen-bond acceptors (Lipinski definition) is 2. The molecule has 1 aromatic carbocycles. The van der Waals surface area contributed by atoms with Crippen molar-refractivity contribution >= 4 is 11.6 Å². The molecule has 0 bridgehead atoms. The summed E-state index contributed by atoms with van der Waals surface area (Å²) >= 11 is 5.57. The fraction of sp³-hybridized carbons (Fsp3) is 0.200. The van der Waals surface area contributed by atoms with Crippen molar-refractivity contribution < 1.29 is 8.78 Å². The summed E-state index contributed by atoms with van der Waals surface area (Å²) in [4.78, 5) is 0. The molecule has 84 valence electrons. The molecule has 3 nitrogen and oxygen atoms in total. The zero-order valence-electron chi connectivity index (χ0n) is 8.15. The number of benzene rings is 1. The van der Waals surface area contributed by atoms with E-state index < -0.39 is 6.43 Å². The van der Waals surface area contributed by atoms with Crippen LogP contribution in [0.4, 0.5) is 8.78 Å². The summed E-state index contributed by atoms with van der Waals surface area (Å²) in [6, 6.07) is 5.97. The molecule has 0 saturated heterocycles. The van der Waals surface area contributed by atoms with E-state index in [1.807, 2.05) is 0 Å². The van der Waals surface area contributed by atoms with E-state index in [1.165, 1.54) is 16.8 Å². The normalized spacial score (nSPS) is 11.0. The molecule has 0 unspecified atom stereocenters. The van der Waals surface area contributed by atoms with E-state index in [9.17, 15) is 8.78 Å². The first-order valence-electron chi connectivity index (χ1n) is 4.56. The Labute approximate surface area is 95.6 Å². The number of halogens is 3. The molecule has 0 aliphatic heterocycles. The zero-order valence-corrected chi connectivity index (χ0v) is 8.90. The fourth-order valence-corrected chi connectivity index (χ4v) is 1.41. The van der Waals surface area contributed by atoms with Crippen LogP contribution in [0, 0.1) is 0 Å². The summed E-state index contributed by atoms with van der Waals surface area (Å²) in [6.45, 7) is 0. The summed E-state index contributed by atoms with van der Waals surface area (Å²) in [5.41, 5.74) is 1.10. The summed E-state index contributed by atoms with van der Waals surface area (Å²) in [7, 11) is 0. The molecule has 0 radical (unpaired) electrons. The molecular formula is C10H8ClF2N3. The first-order valence-corrected chi connectivity index (χ1v) is 5.10. The van der Waals surface area contributed by atoms with Gasteiger partial charge in [0.1, 0.15) is 0 Å². The Balaban J connectivity index is 2.36. The van der Waals surface area contributed by atoms with Crippen molar-refractivity contribution in [2.24, 2.45) is 0 Å². The largest absolute Gasteiger partial charge is 0.263 e. The van der Waals surface area contributed by atoms with Crippen LogP contribution < -0.4 is 0 Å². The Morgan fingerprint density at radius 3 is 2.81 bits per heavy atom. The summed E-state index contributed by atoms with van der Waals surface area (Å²) in [6.07, 6.45) is -0.881. The Morgan fingerprint density at radius 2 is 2.19 bits per heavy atom. The number of alkyl halides is 3. The van der Waals surface area contributed by atoms with E-state index in [0.717, 1.165) is 0 Å². The highest BCUT2D eigenvalue weighted by Gasteiger charge is 2.08. The van der Waals surface area contributed by atoms with Crippen LogP contribution in [0.25, 0.3) is 5.69 Å². The highest BCUT2D eigenvalue weighted by atomic mass is 35.5. The van der Waals surface area contributed by atoms with E-state index in [2.05, 4.69) is 10.3 Å². The van der Waals surface area contributed by atoms with Crippen molar-refractivity contribution in [2.45, 2.75) is 12.3 Å². The van der Waals surface area contributed by atoms with Gasteiger partial charge in [-0.15, -0.1) is 16.7 Å². The second-order valence-corrected chi connectivity index (χ2v) is 3.45. The quantitative estimate of drug-likeness (QED) is 0.776. The number of nitrogens with zero attached hydrogens (tertiary/aromatic N) is 3. The maximum atomic E-state index is 12.5. The van der Waals surface area contributed by atoms with Gasteiger partial charge in [0, 0.05) is 5.56 Å². The van der Waals surface area contributed by atoms with Crippen LogP contribution in [-0.2, 0) is 5.88 Å². The fourth-order valence-electron chi connectivity index (χ4n) is 1.29. The van der Waals surface area contributed by atoms with Gasteiger partial charge in [-0.1, -0.05) is 17.3 Å². The number of hydrogen-bond donors (Lipinski definition) is 0. The van der Waals surface area contributed by atoms with Gasteiger partial charge in [-0.25, -0.2) is 13.5 Å². The molecule has 16 heavy (non-hydrogen) atoms. The van der Waals surface area contributed by atoms with E-state index in [0.29, 0.717) is 11.4 Å². The third-order valence-corrected chi connectivity index (χ3v) is 2.34. The van der Waals surface area contributed by atoms with Crippen molar-refractivity contribution in [2.75, 3.05) is 0 Å². The Kier molecular flexibility index (Phi) is 3.14. The van der Waals surface area contributed by atoms with Crippen LogP contribution in [0.15, 0.2) is 30.5 Å². The highest BCUT2D eigenvalue weighted by molar-refractivity contribution is 6.16. The maximum Gasteiger partial charge on any atom is 0.263 e. The van der Waals surface area contributed by atoms with Crippen LogP contribution in [-0.4, -0.2) is 15.0 Å². The van der Waals surface area contributed by atoms with Gasteiger partial charge in [0.05, 0.1) is 23.5 Å². The molecule has 2 aromatic rings. The van der Waals surface area contributed by atoms with E-state index in [4.69, 9.17) is 11.6 Å². The van der Waals surface area contributed by atoms with E-state index in [-0.39, 0.29) is 11.4 Å². The molecule has 0 saturated carbocycles. The van der Waals surface area contributed by atoms with Crippen LogP contribution in [0.1, 0.15) is 17.7 Å². The van der Waals surface area contributed by atoms with Gasteiger partial charge < -0.3 is 0 Å². The minimum atomic E-state index is -2.49. The van der Waals surface area contributed by atoms with Crippen LogP contribution in [0.2, 0.25) is 0 Å². The predicted octanol–water partition coefficient (Wildman–Crippen LogP) is 2.94. The van der Waals surface area contributed by atoms with E-state index in [1.54, 1.807) is 18.3 Å². The third kappa shape index (κ3) is 2.19. The van der Waals surface area contributed by atoms with Gasteiger partial charge >= 0.3 is 0 Å². The Bertz CT molecular complexity index is 484. The van der Waals surface area contributed by atoms with Crippen molar-refractivity contribution in [3.63, 3.8) is 0 Å². The average Bonchev–Trinajstić information content (AvgIpc) is 2.77. The van der Waals surface area contributed by atoms with Gasteiger partial charge in [0.25, 0.3) is 6.43 Å². The average molecular weight is 244 g/mol. The summed E-state index contributed by atoms with van der Waals surface area (Å²) < 4.78 is 26.4. The molecule has 1 heterocycles. The van der Waals surface area contributed by atoms with Gasteiger partial charge in [-0.2, -0.15) is 0 Å². The standard InChI is InChI=1S/C10H8ClF2N3/c11-5-8-6-16(15-14-8)9-3-1-2-7(4-9)10(12)13/h1-4,6,10H,5H2. The highest BCUT2D eigenvalue weighted by Crippen LogP contribution is 2.20. The first kappa shape index (κ1) is 11.0. The van der Waals surface area contributed by atoms with Crippen molar-refractivity contribution in [1.29, 1.82) is 0 Å². The van der Waals surface area contributed by atoms with Gasteiger partial charge in [-0.3, -0.25) is 0 Å². The molecule has 1 aromatic heterocycles. The predicted molar refractivity (Wildman–Crippen MR) is 55.9 cm³/mol. The van der Waals surface area contributed by atoms with Gasteiger partial charge in [-0.05, 0) is 12.1 Å². The lowest BCUT2D eigenvalue weighted by Gasteiger charge is -2.03. The lowest BCUT2D eigenvalue weighted by molar-refractivity contribution is 0.151.